The van der Waals surface area contributed by atoms with Crippen LogP contribution in [0, 0.1) is 0 Å². The number of aryl methyl sites for hydroxylation is 1. The molecule has 1 aromatic heterocycles. The van der Waals surface area contributed by atoms with Crippen LogP contribution in [0.3, 0.4) is 0 Å². The molecule has 0 atom stereocenters. The van der Waals surface area contributed by atoms with Gasteiger partial charge in [0.15, 0.2) is 0 Å². The standard InChI is InChI=1S/C21H17BrN2O2S/c22-17-7-2-1-6-16(17)20(25)23-15-9-10-18-14(13-15)5-3-11-24(18)21(26)19-8-4-12-27-19/h1-2,4,6-10,12-13H,3,5,11H2,(H,23,25). The molecule has 0 aliphatic carbocycles. The Hall–Kier alpha value is -2.44. The van der Waals surface area contributed by atoms with Gasteiger partial charge in [-0.3, -0.25) is 9.59 Å². The highest BCUT2D eigenvalue weighted by molar-refractivity contribution is 9.10. The van der Waals surface area contributed by atoms with Crippen LogP contribution in [0.5, 0.6) is 0 Å². The van der Waals surface area contributed by atoms with Crippen LogP contribution in [0.15, 0.2) is 64.5 Å². The van der Waals surface area contributed by atoms with Crippen molar-refractivity contribution in [3.05, 3.63) is 80.5 Å². The molecule has 1 aliphatic rings. The fourth-order valence-electron chi connectivity index (χ4n) is 3.26. The third-order valence-electron chi connectivity index (χ3n) is 4.55. The van der Waals surface area contributed by atoms with E-state index in [0.717, 1.165) is 39.1 Å². The van der Waals surface area contributed by atoms with Crippen LogP contribution in [-0.4, -0.2) is 18.4 Å². The van der Waals surface area contributed by atoms with E-state index >= 15 is 0 Å². The molecule has 4 nitrogen and oxygen atoms in total. The lowest BCUT2D eigenvalue weighted by atomic mass is 10.0. The van der Waals surface area contributed by atoms with E-state index in [2.05, 4.69) is 21.2 Å². The SMILES string of the molecule is O=C(Nc1ccc2c(c1)CCCN2C(=O)c1cccs1)c1ccccc1Br. The lowest BCUT2D eigenvalue weighted by Gasteiger charge is -2.29. The molecular weight excluding hydrogens is 424 g/mol. The minimum atomic E-state index is -0.162. The molecule has 0 bridgehead atoms. The van der Waals surface area contributed by atoms with Crippen molar-refractivity contribution < 1.29 is 9.59 Å². The van der Waals surface area contributed by atoms with Gasteiger partial charge in [0, 0.05) is 22.4 Å². The number of amides is 2. The summed E-state index contributed by atoms with van der Waals surface area (Å²) < 4.78 is 0.758. The zero-order valence-electron chi connectivity index (χ0n) is 14.4. The lowest BCUT2D eigenvalue weighted by molar-refractivity contribution is 0.0987. The summed E-state index contributed by atoms with van der Waals surface area (Å²) in [7, 11) is 0. The number of thiophene rings is 1. The van der Waals surface area contributed by atoms with Crippen molar-refractivity contribution in [3.8, 4) is 0 Å². The third kappa shape index (κ3) is 3.68. The van der Waals surface area contributed by atoms with Crippen LogP contribution >= 0.6 is 27.3 Å². The van der Waals surface area contributed by atoms with Crippen molar-refractivity contribution in [1.29, 1.82) is 0 Å². The molecule has 0 radical (unpaired) electrons. The molecular formula is C21H17BrN2O2S. The largest absolute Gasteiger partial charge is 0.322 e. The summed E-state index contributed by atoms with van der Waals surface area (Å²) in [4.78, 5) is 27.9. The van der Waals surface area contributed by atoms with Gasteiger partial charge in [-0.25, -0.2) is 0 Å². The number of nitrogens with one attached hydrogen (secondary N) is 1. The van der Waals surface area contributed by atoms with Gasteiger partial charge >= 0.3 is 0 Å². The predicted octanol–water partition coefficient (Wildman–Crippen LogP) is 5.36. The zero-order chi connectivity index (χ0) is 18.8. The molecule has 136 valence electrons. The molecule has 27 heavy (non-hydrogen) atoms. The fraction of sp³-hybridized carbons (Fsp3) is 0.143. The average molecular weight is 441 g/mol. The van der Waals surface area contributed by atoms with E-state index < -0.39 is 0 Å². The van der Waals surface area contributed by atoms with Gasteiger partial charge in [0.25, 0.3) is 11.8 Å². The number of halogens is 1. The molecule has 0 saturated carbocycles. The Morgan fingerprint density at radius 1 is 1.07 bits per heavy atom. The summed E-state index contributed by atoms with van der Waals surface area (Å²) in [6, 6.07) is 16.8. The number of nitrogens with zero attached hydrogens (tertiary/aromatic N) is 1. The summed E-state index contributed by atoms with van der Waals surface area (Å²) in [6.07, 6.45) is 1.80. The summed E-state index contributed by atoms with van der Waals surface area (Å²) in [5.74, 6) is -0.124. The van der Waals surface area contributed by atoms with Gasteiger partial charge in [-0.1, -0.05) is 18.2 Å². The number of rotatable bonds is 3. The highest BCUT2D eigenvalue weighted by Gasteiger charge is 2.24. The van der Waals surface area contributed by atoms with Crippen LogP contribution in [0.2, 0.25) is 0 Å². The number of benzene rings is 2. The van der Waals surface area contributed by atoms with Crippen molar-refractivity contribution in [2.45, 2.75) is 12.8 Å². The molecule has 0 unspecified atom stereocenters. The van der Waals surface area contributed by atoms with Crippen LogP contribution in [0.1, 0.15) is 32.0 Å². The Morgan fingerprint density at radius 2 is 1.93 bits per heavy atom. The van der Waals surface area contributed by atoms with Gasteiger partial charge in [0.05, 0.1) is 10.4 Å². The minimum absolute atomic E-state index is 0.0379. The summed E-state index contributed by atoms with van der Waals surface area (Å²) in [6.45, 7) is 0.715. The Labute approximate surface area is 170 Å². The first-order valence-corrected chi connectivity index (χ1v) is 10.3. The molecule has 1 aliphatic heterocycles. The second kappa shape index (κ2) is 7.66. The summed E-state index contributed by atoms with van der Waals surface area (Å²) >= 11 is 4.87. The monoisotopic (exact) mass is 440 g/mol. The quantitative estimate of drug-likeness (QED) is 0.595. The Kier molecular flexibility index (Phi) is 5.09. The number of hydrogen-bond donors (Lipinski definition) is 1. The predicted molar refractivity (Wildman–Crippen MR) is 113 cm³/mol. The number of hydrogen-bond acceptors (Lipinski definition) is 3. The van der Waals surface area contributed by atoms with Crippen molar-refractivity contribution in [1.82, 2.24) is 0 Å². The zero-order valence-corrected chi connectivity index (χ0v) is 16.8. The van der Waals surface area contributed by atoms with Gasteiger partial charge in [0.2, 0.25) is 0 Å². The van der Waals surface area contributed by atoms with Crippen LogP contribution < -0.4 is 10.2 Å². The minimum Gasteiger partial charge on any atom is -0.322 e. The van der Waals surface area contributed by atoms with Crippen LogP contribution in [0.25, 0.3) is 0 Å². The molecule has 3 aromatic rings. The second-order valence-corrected chi connectivity index (χ2v) is 8.12. The van der Waals surface area contributed by atoms with E-state index in [4.69, 9.17) is 0 Å². The number of fused-ring (bicyclic) bond motifs is 1. The second-order valence-electron chi connectivity index (χ2n) is 6.32. The maximum atomic E-state index is 12.8. The third-order valence-corrected chi connectivity index (χ3v) is 6.10. The van der Waals surface area contributed by atoms with E-state index in [1.54, 1.807) is 6.07 Å². The Balaban J connectivity index is 1.57. The fourth-order valence-corrected chi connectivity index (χ4v) is 4.40. The summed E-state index contributed by atoms with van der Waals surface area (Å²) in [5, 5.41) is 4.87. The average Bonchev–Trinajstić information content (AvgIpc) is 3.22. The van der Waals surface area contributed by atoms with E-state index in [1.807, 2.05) is 58.8 Å². The van der Waals surface area contributed by atoms with Crippen molar-refractivity contribution in [2.75, 3.05) is 16.8 Å². The number of carbonyl (C=O) groups is 2. The highest BCUT2D eigenvalue weighted by Crippen LogP contribution is 2.31. The summed E-state index contributed by atoms with van der Waals surface area (Å²) in [5.41, 5.74) is 3.33. The number of carbonyl (C=O) groups excluding carboxylic acids is 2. The van der Waals surface area contributed by atoms with Gasteiger partial charge in [-0.2, -0.15) is 0 Å². The Morgan fingerprint density at radius 3 is 2.70 bits per heavy atom. The normalized spacial score (nSPS) is 13.1. The van der Waals surface area contributed by atoms with Crippen molar-refractivity contribution >= 4 is 50.5 Å². The first-order chi connectivity index (χ1) is 13.1. The Bertz CT molecular complexity index is 1000. The van der Waals surface area contributed by atoms with Gasteiger partial charge in [-0.05, 0) is 76.1 Å². The molecule has 4 rings (SSSR count). The first kappa shape index (κ1) is 17.9. The molecule has 6 heteroatoms. The molecule has 0 saturated heterocycles. The van der Waals surface area contributed by atoms with E-state index in [0.29, 0.717) is 12.1 Å². The van der Waals surface area contributed by atoms with E-state index in [-0.39, 0.29) is 11.8 Å². The number of anilines is 2. The molecule has 2 heterocycles. The first-order valence-electron chi connectivity index (χ1n) is 8.67. The van der Waals surface area contributed by atoms with Crippen molar-refractivity contribution in [3.63, 3.8) is 0 Å². The molecule has 0 fully saturated rings. The maximum absolute atomic E-state index is 12.8. The van der Waals surface area contributed by atoms with Gasteiger partial charge in [-0.15, -0.1) is 11.3 Å². The van der Waals surface area contributed by atoms with Gasteiger partial charge < -0.3 is 10.2 Å². The highest BCUT2D eigenvalue weighted by atomic mass is 79.9. The van der Waals surface area contributed by atoms with Crippen LogP contribution in [0.4, 0.5) is 11.4 Å². The molecule has 2 amide bonds. The van der Waals surface area contributed by atoms with E-state index in [9.17, 15) is 9.59 Å². The lowest BCUT2D eigenvalue weighted by Crippen LogP contribution is -2.35. The smallest absolute Gasteiger partial charge is 0.268 e. The molecule has 2 aromatic carbocycles. The molecule has 1 N–H and O–H groups in total. The molecule has 0 spiro atoms. The van der Waals surface area contributed by atoms with Crippen LogP contribution in [-0.2, 0) is 6.42 Å². The topological polar surface area (TPSA) is 49.4 Å². The maximum Gasteiger partial charge on any atom is 0.268 e. The van der Waals surface area contributed by atoms with Gasteiger partial charge in [0.1, 0.15) is 0 Å². The van der Waals surface area contributed by atoms with Crippen molar-refractivity contribution in [2.24, 2.45) is 0 Å². The van der Waals surface area contributed by atoms with E-state index in [1.165, 1.54) is 11.3 Å².